The van der Waals surface area contributed by atoms with Crippen LogP contribution < -0.4 is 10.6 Å². The van der Waals surface area contributed by atoms with Crippen LogP contribution in [0, 0.1) is 13.8 Å². The van der Waals surface area contributed by atoms with Gasteiger partial charge in [-0.1, -0.05) is 30.3 Å². The molecule has 0 aliphatic heterocycles. The van der Waals surface area contributed by atoms with Crippen molar-refractivity contribution >= 4 is 40.1 Å². The summed E-state index contributed by atoms with van der Waals surface area (Å²) >= 11 is 1.24. The van der Waals surface area contributed by atoms with Gasteiger partial charge in [-0.15, -0.1) is 11.3 Å². The first-order chi connectivity index (χ1) is 14.2. The van der Waals surface area contributed by atoms with Gasteiger partial charge in [-0.05, 0) is 25.0 Å². The van der Waals surface area contributed by atoms with E-state index in [4.69, 9.17) is 9.47 Å². The van der Waals surface area contributed by atoms with E-state index in [1.54, 1.807) is 31.2 Å². The monoisotopic (exact) mass is 432 g/mol. The second kappa shape index (κ2) is 10.5. The summed E-state index contributed by atoms with van der Waals surface area (Å²) in [4.78, 5) is 48.7. The van der Waals surface area contributed by atoms with Gasteiger partial charge in [0.05, 0.1) is 25.1 Å². The number of anilines is 1. The predicted octanol–water partition coefficient (Wildman–Crippen LogP) is 2.90. The van der Waals surface area contributed by atoms with E-state index >= 15 is 0 Å². The third kappa shape index (κ3) is 6.15. The average Bonchev–Trinajstić information content (AvgIpc) is 2.98. The fraction of sp³-hybridized carbons (Fsp3) is 0.333. The number of rotatable bonds is 8. The number of amides is 2. The number of nitrogens with one attached hydrogen (secondary N) is 2. The molecule has 2 N–H and O–H groups in total. The van der Waals surface area contributed by atoms with Crippen LogP contribution in [0.25, 0.3) is 0 Å². The summed E-state index contributed by atoms with van der Waals surface area (Å²) in [6, 6.07) is 8.44. The number of carbonyl (C=O) groups is 4. The molecule has 8 nitrogen and oxygen atoms in total. The number of thiophene rings is 1. The second-order valence-electron chi connectivity index (χ2n) is 6.56. The van der Waals surface area contributed by atoms with E-state index in [9.17, 15) is 19.2 Å². The molecule has 0 saturated heterocycles. The van der Waals surface area contributed by atoms with E-state index in [1.807, 2.05) is 13.0 Å². The Morgan fingerprint density at radius 3 is 2.37 bits per heavy atom. The summed E-state index contributed by atoms with van der Waals surface area (Å²) in [6.07, 6.45) is -0.124. The Kier molecular flexibility index (Phi) is 8.11. The molecule has 0 radical (unpaired) electrons. The van der Waals surface area contributed by atoms with Crippen molar-refractivity contribution < 1.29 is 28.7 Å². The van der Waals surface area contributed by atoms with Gasteiger partial charge in [0.1, 0.15) is 5.00 Å². The van der Waals surface area contributed by atoms with Gasteiger partial charge < -0.3 is 20.1 Å². The van der Waals surface area contributed by atoms with Crippen molar-refractivity contribution in [2.24, 2.45) is 0 Å². The van der Waals surface area contributed by atoms with Gasteiger partial charge in [-0.3, -0.25) is 14.4 Å². The van der Waals surface area contributed by atoms with Crippen molar-refractivity contribution in [3.05, 3.63) is 51.9 Å². The minimum Gasteiger partial charge on any atom is -0.465 e. The van der Waals surface area contributed by atoms with Crippen LogP contribution in [0.5, 0.6) is 0 Å². The first kappa shape index (κ1) is 23.1. The summed E-state index contributed by atoms with van der Waals surface area (Å²) in [7, 11) is 1.26. The lowest BCUT2D eigenvalue weighted by atomic mass is 10.0. The van der Waals surface area contributed by atoms with E-state index in [0.717, 1.165) is 16.0 Å². The van der Waals surface area contributed by atoms with Crippen molar-refractivity contribution in [1.82, 2.24) is 5.32 Å². The smallest absolute Gasteiger partial charge is 0.341 e. The molecule has 0 bridgehead atoms. The van der Waals surface area contributed by atoms with Crippen molar-refractivity contribution in [3.8, 4) is 0 Å². The first-order valence-corrected chi connectivity index (χ1v) is 10.00. The van der Waals surface area contributed by atoms with Gasteiger partial charge in [-0.25, -0.2) is 4.79 Å². The van der Waals surface area contributed by atoms with Crippen LogP contribution in [0.3, 0.4) is 0 Å². The maximum absolute atomic E-state index is 12.2. The first-order valence-electron chi connectivity index (χ1n) is 9.18. The zero-order valence-electron chi connectivity index (χ0n) is 17.2. The number of esters is 2. The molecule has 9 heteroatoms. The average molecular weight is 432 g/mol. The molecule has 30 heavy (non-hydrogen) atoms. The summed E-state index contributed by atoms with van der Waals surface area (Å²) in [6.45, 7) is 4.43. The topological polar surface area (TPSA) is 111 Å². The molecule has 0 aliphatic rings. The second-order valence-corrected chi connectivity index (χ2v) is 7.78. The van der Waals surface area contributed by atoms with Gasteiger partial charge in [-0.2, -0.15) is 0 Å². The van der Waals surface area contributed by atoms with Gasteiger partial charge in [0.15, 0.2) is 6.61 Å². The van der Waals surface area contributed by atoms with Gasteiger partial charge >= 0.3 is 11.9 Å². The number of hydrogen-bond acceptors (Lipinski definition) is 7. The molecule has 1 aromatic carbocycles. The van der Waals surface area contributed by atoms with Crippen LogP contribution in [0.2, 0.25) is 0 Å². The molecule has 2 rings (SSSR count). The quantitative estimate of drug-likeness (QED) is 0.621. The lowest BCUT2D eigenvalue weighted by Crippen LogP contribution is -2.29. The molecule has 160 valence electrons. The molecule has 0 aliphatic carbocycles. The van der Waals surface area contributed by atoms with E-state index in [-0.39, 0.29) is 17.9 Å². The van der Waals surface area contributed by atoms with Crippen LogP contribution in [0.1, 0.15) is 45.7 Å². The highest BCUT2D eigenvalue weighted by molar-refractivity contribution is 7.16. The predicted molar refractivity (Wildman–Crippen MR) is 112 cm³/mol. The number of benzene rings is 1. The number of hydrogen-bond donors (Lipinski definition) is 2. The number of ether oxygens (including phenoxy) is 2. The van der Waals surface area contributed by atoms with Crippen molar-refractivity contribution in [3.63, 3.8) is 0 Å². The summed E-state index contributed by atoms with van der Waals surface area (Å²) in [5, 5.41) is 5.64. The Labute approximate surface area is 178 Å². The maximum atomic E-state index is 12.2. The molecule has 0 fully saturated rings. The van der Waals surface area contributed by atoms with Crippen LogP contribution in [-0.4, -0.2) is 37.5 Å². The highest BCUT2D eigenvalue weighted by Crippen LogP contribution is 2.32. The van der Waals surface area contributed by atoms with Crippen LogP contribution in [0.15, 0.2) is 30.3 Å². The van der Waals surface area contributed by atoms with Crippen molar-refractivity contribution in [1.29, 1.82) is 0 Å². The van der Waals surface area contributed by atoms with Gasteiger partial charge in [0.2, 0.25) is 5.91 Å². The SMILES string of the molecule is COC(=O)c1c(NC(=O)COC(=O)C[C@@H](NC(C)=O)c2ccccc2)sc(C)c1C. The minimum absolute atomic E-state index is 0.124. The number of methoxy groups -OCH3 is 1. The minimum atomic E-state index is -0.639. The number of aryl methyl sites for hydroxylation is 1. The Morgan fingerprint density at radius 1 is 1.10 bits per heavy atom. The largest absolute Gasteiger partial charge is 0.465 e. The maximum Gasteiger partial charge on any atom is 0.341 e. The molecule has 2 amide bonds. The summed E-state index contributed by atoms with van der Waals surface area (Å²) < 4.78 is 9.82. The molecule has 1 atom stereocenters. The third-order valence-corrected chi connectivity index (χ3v) is 5.46. The highest BCUT2D eigenvalue weighted by atomic mass is 32.1. The molecular weight excluding hydrogens is 408 g/mol. The Bertz CT molecular complexity index is 938. The van der Waals surface area contributed by atoms with Crippen LogP contribution in [0.4, 0.5) is 5.00 Å². The van der Waals surface area contributed by atoms with E-state index < -0.39 is 30.5 Å². The molecule has 0 saturated carbocycles. The van der Waals surface area contributed by atoms with E-state index in [1.165, 1.54) is 25.4 Å². The Morgan fingerprint density at radius 2 is 1.77 bits per heavy atom. The van der Waals surface area contributed by atoms with Gasteiger partial charge in [0, 0.05) is 11.8 Å². The summed E-state index contributed by atoms with van der Waals surface area (Å²) in [5.74, 6) is -2.05. The molecule has 0 spiro atoms. The Hall–Kier alpha value is -3.20. The van der Waals surface area contributed by atoms with Crippen LogP contribution in [-0.2, 0) is 23.9 Å². The fourth-order valence-corrected chi connectivity index (χ4v) is 3.84. The zero-order chi connectivity index (χ0) is 22.3. The molecule has 1 aromatic heterocycles. The molecule has 1 heterocycles. The lowest BCUT2D eigenvalue weighted by Gasteiger charge is -2.17. The van der Waals surface area contributed by atoms with Crippen LogP contribution >= 0.6 is 11.3 Å². The Balaban J connectivity index is 1.97. The zero-order valence-corrected chi connectivity index (χ0v) is 18.1. The molecular formula is C21H24N2O6S. The van der Waals surface area contributed by atoms with E-state index in [2.05, 4.69) is 10.6 Å². The number of carbonyl (C=O) groups excluding carboxylic acids is 4. The molecule has 2 aromatic rings. The molecule has 0 unspecified atom stereocenters. The van der Waals surface area contributed by atoms with Crippen molar-refractivity contribution in [2.45, 2.75) is 33.2 Å². The lowest BCUT2D eigenvalue weighted by molar-refractivity contribution is -0.148. The normalized spacial score (nSPS) is 11.3. The van der Waals surface area contributed by atoms with Crippen molar-refractivity contribution in [2.75, 3.05) is 19.0 Å². The highest BCUT2D eigenvalue weighted by Gasteiger charge is 2.23. The van der Waals surface area contributed by atoms with E-state index in [0.29, 0.717) is 5.00 Å². The third-order valence-electron chi connectivity index (χ3n) is 4.34. The standard InChI is InChI=1S/C21H24N2O6S/c1-12-13(2)30-20(19(12)21(27)28-4)23-17(25)11-29-18(26)10-16(22-14(3)24)15-8-6-5-7-9-15/h5-9,16H,10-11H2,1-4H3,(H,22,24)(H,23,25)/t16-/m1/s1. The van der Waals surface area contributed by atoms with Gasteiger partial charge in [0.25, 0.3) is 5.91 Å². The fourth-order valence-electron chi connectivity index (χ4n) is 2.78. The summed E-state index contributed by atoms with van der Waals surface area (Å²) in [5.41, 5.74) is 1.76.